The number of fused-ring (bicyclic) bond motifs is 2. The molecule has 0 unspecified atom stereocenters. The molecule has 0 bridgehead atoms. The van der Waals surface area contributed by atoms with E-state index in [1.54, 1.807) is 30.3 Å². The highest BCUT2D eigenvalue weighted by atomic mass is 16.6. The van der Waals surface area contributed by atoms with Gasteiger partial charge in [-0.3, -0.25) is 0 Å². The summed E-state index contributed by atoms with van der Waals surface area (Å²) in [4.78, 5) is 25.6. The molecule has 3 rings (SSSR count). The molecule has 2 aromatic rings. The number of unbranched alkanes of at least 4 members (excludes halogenated alkanes) is 2. The number of carbonyl (C=O) groups excluding carboxylic acids is 2. The molecular weight excluding hydrogens is 328 g/mol. The van der Waals surface area contributed by atoms with Crippen molar-refractivity contribution in [2.24, 2.45) is 0 Å². The van der Waals surface area contributed by atoms with Gasteiger partial charge in [-0.15, -0.1) is 0 Å². The number of esters is 2. The van der Waals surface area contributed by atoms with Crippen LogP contribution in [0.4, 0.5) is 0 Å². The van der Waals surface area contributed by atoms with E-state index in [0.717, 1.165) is 49.7 Å². The van der Waals surface area contributed by atoms with Gasteiger partial charge in [0, 0.05) is 0 Å². The van der Waals surface area contributed by atoms with Gasteiger partial charge in [0.1, 0.15) is 0 Å². The molecule has 0 aliphatic carbocycles. The maximum Gasteiger partial charge on any atom is 0.344 e. The molecule has 2 aromatic carbocycles. The first-order valence-electron chi connectivity index (χ1n) is 9.33. The van der Waals surface area contributed by atoms with E-state index in [9.17, 15) is 9.59 Å². The molecule has 0 fully saturated rings. The van der Waals surface area contributed by atoms with Crippen molar-refractivity contribution in [3.8, 4) is 11.5 Å². The van der Waals surface area contributed by atoms with Crippen LogP contribution in [-0.4, -0.2) is 11.9 Å². The van der Waals surface area contributed by atoms with Gasteiger partial charge in [0.25, 0.3) is 0 Å². The zero-order valence-corrected chi connectivity index (χ0v) is 15.3. The summed E-state index contributed by atoms with van der Waals surface area (Å²) in [7, 11) is 0. The third kappa shape index (κ3) is 3.64. The summed E-state index contributed by atoms with van der Waals surface area (Å²) in [6, 6.07) is 10.4. The maximum absolute atomic E-state index is 12.9. The van der Waals surface area contributed by atoms with Gasteiger partial charge in [-0.05, 0) is 55.0 Å². The minimum Gasteiger partial charge on any atom is -0.419 e. The number of ether oxygens (including phenoxy) is 2. The first-order chi connectivity index (χ1) is 12.7. The van der Waals surface area contributed by atoms with Crippen molar-refractivity contribution in [2.75, 3.05) is 0 Å². The van der Waals surface area contributed by atoms with Crippen LogP contribution in [0.15, 0.2) is 36.4 Å². The lowest BCUT2D eigenvalue weighted by molar-refractivity contribution is 0.0647. The van der Waals surface area contributed by atoms with Crippen molar-refractivity contribution >= 4 is 11.9 Å². The summed E-state index contributed by atoms with van der Waals surface area (Å²) in [5, 5.41) is 0. The van der Waals surface area contributed by atoms with Gasteiger partial charge in [-0.1, -0.05) is 44.9 Å². The predicted octanol–water partition coefficient (Wildman–Crippen LogP) is 5.12. The average Bonchev–Trinajstić information content (AvgIpc) is 2.64. The quantitative estimate of drug-likeness (QED) is 0.534. The van der Waals surface area contributed by atoms with Crippen LogP contribution in [0, 0.1) is 0 Å². The van der Waals surface area contributed by atoms with Crippen LogP contribution < -0.4 is 9.47 Å². The second-order valence-electron chi connectivity index (χ2n) is 6.56. The van der Waals surface area contributed by atoms with E-state index in [1.165, 1.54) is 0 Å². The normalized spacial score (nSPS) is 13.2. The van der Waals surface area contributed by atoms with Gasteiger partial charge in [0.15, 0.2) is 11.5 Å². The SMILES string of the molecule is CCCCc1ccc2c(c1CCCC)C(=O)Oc1ccccc1OC2=O. The summed E-state index contributed by atoms with van der Waals surface area (Å²) in [6.45, 7) is 4.25. The molecule has 0 atom stereocenters. The monoisotopic (exact) mass is 352 g/mol. The highest BCUT2D eigenvalue weighted by molar-refractivity contribution is 6.06. The Morgan fingerprint density at radius 2 is 1.38 bits per heavy atom. The molecule has 0 saturated heterocycles. The van der Waals surface area contributed by atoms with E-state index in [-0.39, 0.29) is 17.1 Å². The van der Waals surface area contributed by atoms with E-state index in [2.05, 4.69) is 13.8 Å². The Bertz CT molecular complexity index is 823. The zero-order chi connectivity index (χ0) is 18.5. The van der Waals surface area contributed by atoms with Crippen LogP contribution in [0.25, 0.3) is 0 Å². The molecule has 4 heteroatoms. The van der Waals surface area contributed by atoms with E-state index in [1.807, 2.05) is 6.07 Å². The molecule has 1 heterocycles. The van der Waals surface area contributed by atoms with E-state index >= 15 is 0 Å². The standard InChI is InChI=1S/C22H24O4/c1-3-5-9-15-13-14-17-20(16(15)10-6-4-2)22(24)26-19-12-8-7-11-18(19)25-21(17)23/h7-8,11-14H,3-6,9-10H2,1-2H3. The third-order valence-corrected chi connectivity index (χ3v) is 4.67. The largest absolute Gasteiger partial charge is 0.419 e. The van der Waals surface area contributed by atoms with Gasteiger partial charge in [-0.25, -0.2) is 9.59 Å². The first-order valence-corrected chi connectivity index (χ1v) is 9.33. The highest BCUT2D eigenvalue weighted by Gasteiger charge is 2.29. The van der Waals surface area contributed by atoms with Crippen molar-refractivity contribution in [3.63, 3.8) is 0 Å². The first kappa shape index (κ1) is 18.2. The Morgan fingerprint density at radius 3 is 2.04 bits per heavy atom. The number of aryl methyl sites for hydroxylation is 1. The van der Waals surface area contributed by atoms with E-state index in [4.69, 9.17) is 9.47 Å². The lowest BCUT2D eigenvalue weighted by atomic mass is 9.90. The molecule has 0 amide bonds. The minimum absolute atomic E-state index is 0.265. The van der Waals surface area contributed by atoms with E-state index < -0.39 is 11.9 Å². The van der Waals surface area contributed by atoms with Gasteiger partial charge in [0.05, 0.1) is 11.1 Å². The average molecular weight is 352 g/mol. The number of hydrogen-bond acceptors (Lipinski definition) is 4. The molecule has 1 aliphatic heterocycles. The summed E-state index contributed by atoms with van der Waals surface area (Å²) < 4.78 is 11.1. The summed E-state index contributed by atoms with van der Waals surface area (Å²) in [6.07, 6.45) is 5.72. The molecule has 0 aromatic heterocycles. The fourth-order valence-corrected chi connectivity index (χ4v) is 3.26. The van der Waals surface area contributed by atoms with E-state index in [0.29, 0.717) is 5.56 Å². The van der Waals surface area contributed by atoms with Crippen molar-refractivity contribution in [1.82, 2.24) is 0 Å². The zero-order valence-electron chi connectivity index (χ0n) is 15.3. The van der Waals surface area contributed by atoms with Crippen LogP contribution in [-0.2, 0) is 12.8 Å². The van der Waals surface area contributed by atoms with Crippen LogP contribution in [0.1, 0.15) is 71.4 Å². The van der Waals surface area contributed by atoms with Crippen LogP contribution >= 0.6 is 0 Å². The Kier molecular flexibility index (Phi) is 5.71. The smallest absolute Gasteiger partial charge is 0.344 e. The molecule has 0 spiro atoms. The topological polar surface area (TPSA) is 52.6 Å². The fraction of sp³-hybridized carbons (Fsp3) is 0.364. The summed E-state index contributed by atoms with van der Waals surface area (Å²) in [5.74, 6) is -0.448. The number of para-hydroxylation sites is 2. The molecule has 4 nitrogen and oxygen atoms in total. The second kappa shape index (κ2) is 8.17. The number of benzene rings is 2. The van der Waals surface area contributed by atoms with Crippen LogP contribution in [0.5, 0.6) is 11.5 Å². The Labute approximate surface area is 154 Å². The molecule has 1 aliphatic rings. The van der Waals surface area contributed by atoms with Gasteiger partial charge < -0.3 is 9.47 Å². The molecule has 136 valence electrons. The Hall–Kier alpha value is -2.62. The summed E-state index contributed by atoms with van der Waals surface area (Å²) in [5.41, 5.74) is 2.71. The van der Waals surface area contributed by atoms with Gasteiger partial charge in [-0.2, -0.15) is 0 Å². The van der Waals surface area contributed by atoms with Crippen molar-refractivity contribution in [1.29, 1.82) is 0 Å². The Morgan fingerprint density at radius 1 is 0.769 bits per heavy atom. The van der Waals surface area contributed by atoms with Gasteiger partial charge >= 0.3 is 11.9 Å². The molecule has 0 N–H and O–H groups in total. The fourth-order valence-electron chi connectivity index (χ4n) is 3.26. The molecule has 0 saturated carbocycles. The number of rotatable bonds is 6. The lowest BCUT2D eigenvalue weighted by Crippen LogP contribution is -2.23. The van der Waals surface area contributed by atoms with Crippen molar-refractivity contribution < 1.29 is 19.1 Å². The third-order valence-electron chi connectivity index (χ3n) is 4.67. The molecule has 26 heavy (non-hydrogen) atoms. The van der Waals surface area contributed by atoms with Crippen molar-refractivity contribution in [3.05, 3.63) is 58.7 Å². The maximum atomic E-state index is 12.9. The van der Waals surface area contributed by atoms with Crippen LogP contribution in [0.2, 0.25) is 0 Å². The van der Waals surface area contributed by atoms with Crippen molar-refractivity contribution in [2.45, 2.75) is 52.4 Å². The minimum atomic E-state index is -0.510. The Balaban J connectivity index is 2.11. The van der Waals surface area contributed by atoms with Crippen LogP contribution in [0.3, 0.4) is 0 Å². The number of hydrogen-bond donors (Lipinski definition) is 0. The number of carbonyl (C=O) groups is 2. The summed E-state index contributed by atoms with van der Waals surface area (Å²) >= 11 is 0. The molecular formula is C22H24O4. The lowest BCUT2D eigenvalue weighted by Gasteiger charge is -2.20. The predicted molar refractivity (Wildman–Crippen MR) is 100 cm³/mol. The highest BCUT2D eigenvalue weighted by Crippen LogP contribution is 2.33. The molecule has 0 radical (unpaired) electrons. The van der Waals surface area contributed by atoms with Gasteiger partial charge in [0.2, 0.25) is 0 Å². The second-order valence-corrected chi connectivity index (χ2v) is 6.56.